The third-order valence-electron chi connectivity index (χ3n) is 6.05. The van der Waals surface area contributed by atoms with Gasteiger partial charge in [-0.1, -0.05) is 88.1 Å². The van der Waals surface area contributed by atoms with E-state index in [4.69, 9.17) is 85.9 Å². The maximum atomic E-state index is 13.1. The number of halogens is 10. The summed E-state index contributed by atoms with van der Waals surface area (Å²) in [6.45, 7) is 4.27. The minimum atomic E-state index is -4.55. The molecule has 0 saturated carbocycles. The molecule has 2 atom stereocenters. The van der Waals surface area contributed by atoms with Crippen molar-refractivity contribution in [2.45, 2.75) is 39.4 Å². The standard InChI is InChI=1S/C15H15ClF3N3O.C10H14Cl6N4O2/c1-2-7-23-9-14(22-6-5-20-10-22)21-13-4-3-11(16)8-12(13)15(17,18)19;11-9(12,13)7(17-5-21)19-1-2-20(4-3-19)8(18-6-22)10(14,15)16/h3-6,8,10H,2,7,9H2,1H3;5-8H,1-4H2,(H,17,21)(H,18,22)/b21-14+;. The third kappa shape index (κ3) is 13.0. The van der Waals surface area contributed by atoms with Gasteiger partial charge in [0.2, 0.25) is 20.4 Å². The number of aliphatic imine (C=N–C) groups is 1. The van der Waals surface area contributed by atoms with Crippen LogP contribution in [0.1, 0.15) is 18.9 Å². The zero-order valence-electron chi connectivity index (χ0n) is 23.5. The predicted octanol–water partition coefficient (Wildman–Crippen LogP) is 6.05. The summed E-state index contributed by atoms with van der Waals surface area (Å²) in [5.41, 5.74) is -1.11. The molecule has 1 aliphatic heterocycles. The van der Waals surface area contributed by atoms with Crippen LogP contribution >= 0.6 is 81.2 Å². The van der Waals surface area contributed by atoms with Gasteiger partial charge in [-0.25, -0.2) is 9.98 Å². The number of piperazine rings is 1. The lowest BCUT2D eigenvalue weighted by Gasteiger charge is -2.44. The van der Waals surface area contributed by atoms with Crippen LogP contribution in [-0.2, 0) is 20.5 Å². The van der Waals surface area contributed by atoms with E-state index in [9.17, 15) is 22.8 Å². The van der Waals surface area contributed by atoms with Crippen molar-refractivity contribution >= 4 is 106 Å². The number of benzene rings is 1. The summed E-state index contributed by atoms with van der Waals surface area (Å²) in [6.07, 6.45) is 0.203. The lowest BCUT2D eigenvalue weighted by atomic mass is 10.1. The highest BCUT2D eigenvalue weighted by Gasteiger charge is 2.42. The fraction of sp³-hybridized carbons (Fsp3) is 0.520. The van der Waals surface area contributed by atoms with E-state index < -0.39 is 31.7 Å². The van der Waals surface area contributed by atoms with Crippen LogP contribution in [0.2, 0.25) is 5.02 Å². The van der Waals surface area contributed by atoms with Gasteiger partial charge < -0.3 is 15.4 Å². The summed E-state index contributed by atoms with van der Waals surface area (Å²) < 4.78 is 43.0. The van der Waals surface area contributed by atoms with Gasteiger partial charge in [-0.05, 0) is 24.6 Å². The number of imidazole rings is 1. The van der Waals surface area contributed by atoms with Crippen LogP contribution in [-0.4, -0.2) is 97.3 Å². The van der Waals surface area contributed by atoms with Crippen LogP contribution in [0.25, 0.3) is 0 Å². The van der Waals surface area contributed by atoms with Crippen LogP contribution in [0.3, 0.4) is 0 Å². The van der Waals surface area contributed by atoms with E-state index in [2.05, 4.69) is 20.6 Å². The molecular weight excluding hydrogens is 751 g/mol. The first kappa shape index (κ1) is 39.9. The lowest BCUT2D eigenvalue weighted by Crippen LogP contribution is -2.63. The van der Waals surface area contributed by atoms with E-state index in [1.54, 1.807) is 16.0 Å². The Labute approximate surface area is 293 Å². The molecule has 2 unspecified atom stereocenters. The maximum absolute atomic E-state index is 13.1. The molecule has 45 heavy (non-hydrogen) atoms. The smallest absolute Gasteiger partial charge is 0.374 e. The maximum Gasteiger partial charge on any atom is 0.418 e. The SMILES string of the molecule is CCCOC/C(=N\c1ccc(Cl)cc1C(F)(F)F)n1ccnc1.O=CNC(N1CCN(C(NC=O)C(Cl)(Cl)Cl)CC1)C(Cl)(Cl)Cl. The van der Waals surface area contributed by atoms with E-state index in [1.165, 1.54) is 29.2 Å². The summed E-state index contributed by atoms with van der Waals surface area (Å²) >= 11 is 40.9. The van der Waals surface area contributed by atoms with Crippen molar-refractivity contribution in [3.63, 3.8) is 0 Å². The van der Waals surface area contributed by atoms with Gasteiger partial charge in [0.25, 0.3) is 0 Å². The molecule has 252 valence electrons. The number of aromatic nitrogens is 2. The van der Waals surface area contributed by atoms with Gasteiger partial charge in [0.15, 0.2) is 0 Å². The second-order valence-electron chi connectivity index (χ2n) is 9.24. The molecule has 0 radical (unpaired) electrons. The van der Waals surface area contributed by atoms with E-state index in [0.717, 1.165) is 12.5 Å². The first-order valence-electron chi connectivity index (χ1n) is 13.0. The van der Waals surface area contributed by atoms with Crippen molar-refractivity contribution in [3.05, 3.63) is 47.5 Å². The second kappa shape index (κ2) is 18.3. The van der Waals surface area contributed by atoms with Gasteiger partial charge in [0, 0.05) is 50.2 Å². The van der Waals surface area contributed by atoms with Crippen molar-refractivity contribution in [1.82, 2.24) is 30.0 Å². The highest BCUT2D eigenvalue weighted by Crippen LogP contribution is 2.38. The number of carbonyl (C=O) groups excluding carboxylic acids is 2. The monoisotopic (exact) mass is 777 g/mol. The van der Waals surface area contributed by atoms with Crippen molar-refractivity contribution in [1.29, 1.82) is 0 Å². The number of amides is 2. The molecule has 1 fully saturated rings. The minimum Gasteiger partial charge on any atom is -0.374 e. The average molecular weight is 781 g/mol. The molecule has 1 aliphatic rings. The van der Waals surface area contributed by atoms with Gasteiger partial charge in [0.05, 0.1) is 11.3 Å². The number of hydrogen-bond acceptors (Lipinski definition) is 7. The number of ether oxygens (including phenoxy) is 1. The van der Waals surface area contributed by atoms with Gasteiger partial charge in [-0.15, -0.1) is 0 Å². The molecule has 20 heteroatoms. The van der Waals surface area contributed by atoms with E-state index >= 15 is 0 Å². The van der Waals surface area contributed by atoms with E-state index in [-0.39, 0.29) is 17.3 Å². The Balaban J connectivity index is 0.000000314. The summed E-state index contributed by atoms with van der Waals surface area (Å²) in [7, 11) is 0. The molecule has 2 aromatic rings. The lowest BCUT2D eigenvalue weighted by molar-refractivity contribution is -0.137. The van der Waals surface area contributed by atoms with E-state index in [0.29, 0.717) is 51.4 Å². The summed E-state index contributed by atoms with van der Waals surface area (Å²) in [5, 5.41) is 4.95. The van der Waals surface area contributed by atoms with Crippen LogP contribution in [0, 0.1) is 0 Å². The van der Waals surface area contributed by atoms with E-state index in [1.807, 2.05) is 6.92 Å². The van der Waals surface area contributed by atoms with Crippen LogP contribution in [0.5, 0.6) is 0 Å². The molecule has 1 aromatic carbocycles. The van der Waals surface area contributed by atoms with Crippen molar-refractivity contribution < 1.29 is 27.5 Å². The van der Waals surface area contributed by atoms with Crippen LogP contribution in [0.15, 0.2) is 41.9 Å². The topological polar surface area (TPSA) is 104 Å². The number of carbonyl (C=O) groups is 2. The van der Waals surface area contributed by atoms with Gasteiger partial charge in [-0.2, -0.15) is 13.2 Å². The highest BCUT2D eigenvalue weighted by molar-refractivity contribution is 6.68. The fourth-order valence-electron chi connectivity index (χ4n) is 4.05. The zero-order chi connectivity index (χ0) is 33.8. The molecule has 2 amide bonds. The van der Waals surface area contributed by atoms with Crippen molar-refractivity contribution in [2.24, 2.45) is 4.99 Å². The first-order valence-corrected chi connectivity index (χ1v) is 15.7. The van der Waals surface area contributed by atoms with Crippen LogP contribution < -0.4 is 10.6 Å². The molecule has 1 aromatic heterocycles. The van der Waals surface area contributed by atoms with Gasteiger partial charge in [-0.3, -0.25) is 24.0 Å². The van der Waals surface area contributed by atoms with Gasteiger partial charge >= 0.3 is 6.18 Å². The zero-order valence-corrected chi connectivity index (χ0v) is 28.8. The molecule has 0 bridgehead atoms. The Morgan fingerprint density at radius 2 is 1.53 bits per heavy atom. The van der Waals surface area contributed by atoms with Crippen molar-refractivity contribution in [2.75, 3.05) is 39.4 Å². The Kier molecular flexibility index (Phi) is 16.3. The predicted molar refractivity (Wildman–Crippen MR) is 172 cm³/mol. The molecule has 0 spiro atoms. The Bertz CT molecular complexity index is 1200. The molecule has 2 heterocycles. The largest absolute Gasteiger partial charge is 0.418 e. The highest BCUT2D eigenvalue weighted by atomic mass is 35.6. The molecule has 1 saturated heterocycles. The normalized spacial score (nSPS) is 16.7. The summed E-state index contributed by atoms with van der Waals surface area (Å²) in [4.78, 5) is 32.9. The van der Waals surface area contributed by atoms with Gasteiger partial charge in [0.1, 0.15) is 31.1 Å². The number of nitrogens with one attached hydrogen (secondary N) is 2. The summed E-state index contributed by atoms with van der Waals surface area (Å²) in [5.74, 6) is 0.309. The number of hydrogen-bond donors (Lipinski definition) is 2. The second-order valence-corrected chi connectivity index (χ2v) is 14.4. The third-order valence-corrected chi connectivity index (χ3v) is 7.52. The molecule has 0 aliphatic carbocycles. The number of nitrogens with zero attached hydrogens (tertiary/aromatic N) is 5. The molecule has 10 nitrogen and oxygen atoms in total. The van der Waals surface area contributed by atoms with Crippen LogP contribution in [0.4, 0.5) is 18.9 Å². The molecular formula is C25H29Cl7F3N7O3. The molecule has 3 rings (SSSR count). The number of alkyl halides is 9. The Morgan fingerprint density at radius 3 is 1.93 bits per heavy atom. The fourth-order valence-corrected chi connectivity index (χ4v) is 5.43. The van der Waals surface area contributed by atoms with Crippen molar-refractivity contribution in [3.8, 4) is 0 Å². The average Bonchev–Trinajstić information content (AvgIpc) is 3.49. The Morgan fingerprint density at radius 1 is 1.00 bits per heavy atom. The first-order chi connectivity index (χ1) is 21.0. The Hall–Kier alpha value is -1.26. The minimum absolute atomic E-state index is 0.00249. The summed E-state index contributed by atoms with van der Waals surface area (Å²) in [6, 6.07) is 3.47. The quantitative estimate of drug-likeness (QED) is 0.0948. The molecule has 2 N–H and O–H groups in total. The number of rotatable bonds is 11.